The molecule has 3 fully saturated rings. The molecule has 0 bridgehead atoms. The second-order valence-corrected chi connectivity index (χ2v) is 11.6. The maximum atomic E-state index is 14.3. The normalized spacial score (nSPS) is 30.2. The molecule has 1 aliphatic heterocycles. The van der Waals surface area contributed by atoms with Crippen molar-refractivity contribution in [3.05, 3.63) is 34.9 Å². The van der Waals surface area contributed by atoms with E-state index >= 15 is 0 Å². The Labute approximate surface area is 229 Å². The highest BCUT2D eigenvalue weighted by molar-refractivity contribution is 5.72. The third-order valence-electron chi connectivity index (χ3n) is 8.76. The van der Waals surface area contributed by atoms with E-state index in [9.17, 15) is 35.5 Å². The van der Waals surface area contributed by atoms with Gasteiger partial charge in [-0.05, 0) is 106 Å². The fourth-order valence-electron chi connectivity index (χ4n) is 6.64. The van der Waals surface area contributed by atoms with Crippen molar-refractivity contribution in [3.8, 4) is 0 Å². The lowest BCUT2D eigenvalue weighted by Gasteiger charge is -2.37. The number of ether oxygens (including phenoxy) is 3. The third kappa shape index (κ3) is 7.89. The summed E-state index contributed by atoms with van der Waals surface area (Å²) in [6, 6.07) is 1.25. The molecule has 3 aliphatic rings. The molecule has 226 valence electrons. The highest BCUT2D eigenvalue weighted by Crippen LogP contribution is 2.42. The molecule has 0 N–H and O–H groups in total. The maximum absolute atomic E-state index is 14.3. The first-order valence-electron chi connectivity index (χ1n) is 14.3. The monoisotopic (exact) mass is 582 g/mol. The minimum absolute atomic E-state index is 0.0654. The van der Waals surface area contributed by atoms with Crippen molar-refractivity contribution in [1.29, 1.82) is 0 Å². The molecular weight excluding hydrogens is 545 g/mol. The van der Waals surface area contributed by atoms with Gasteiger partial charge in [0, 0.05) is 6.61 Å². The number of halogens is 7. The van der Waals surface area contributed by atoms with Crippen molar-refractivity contribution in [2.45, 2.75) is 115 Å². The van der Waals surface area contributed by atoms with Crippen molar-refractivity contribution in [2.75, 3.05) is 6.61 Å². The first kappa shape index (κ1) is 31.1. The van der Waals surface area contributed by atoms with Crippen LogP contribution in [0.2, 0.25) is 0 Å². The standard InChI is InChI=1S/C29H37F7O4/c1-2-3-17-4-13-25(38-16-17)19-5-7-20(8-6-19)27(37)39-22-11-9-18(10-12-22)21-14-23(30)26(24(31)15-21)28(32,33)40-29(34,35)36/h14-15,17-20,22,25H,2-13,16H2,1H3. The molecule has 0 spiro atoms. The Kier molecular flexibility index (Phi) is 10.1. The fraction of sp³-hybridized carbons (Fsp3) is 0.759. The van der Waals surface area contributed by atoms with Crippen molar-refractivity contribution in [3.63, 3.8) is 0 Å². The average molecular weight is 583 g/mol. The van der Waals surface area contributed by atoms with Crippen molar-refractivity contribution in [2.24, 2.45) is 17.8 Å². The summed E-state index contributed by atoms with van der Waals surface area (Å²) in [5.41, 5.74) is -2.02. The molecule has 4 nitrogen and oxygen atoms in total. The van der Waals surface area contributed by atoms with Gasteiger partial charge < -0.3 is 9.47 Å². The quantitative estimate of drug-likeness (QED) is 0.228. The lowest BCUT2D eigenvalue weighted by molar-refractivity contribution is -0.432. The van der Waals surface area contributed by atoms with Crippen LogP contribution in [-0.2, 0) is 25.1 Å². The Morgan fingerprint density at radius 2 is 1.52 bits per heavy atom. The number of esters is 1. The Hall–Kier alpha value is -1.88. The summed E-state index contributed by atoms with van der Waals surface area (Å²) in [4.78, 5) is 12.8. The molecule has 0 aromatic heterocycles. The summed E-state index contributed by atoms with van der Waals surface area (Å²) in [5, 5.41) is 0. The zero-order chi connectivity index (χ0) is 29.1. The summed E-state index contributed by atoms with van der Waals surface area (Å²) in [6.07, 6.45) is -1.43. The molecule has 1 heterocycles. The van der Waals surface area contributed by atoms with E-state index in [1.807, 2.05) is 0 Å². The van der Waals surface area contributed by atoms with Gasteiger partial charge in [-0.1, -0.05) is 13.3 Å². The van der Waals surface area contributed by atoms with E-state index in [1.54, 1.807) is 0 Å². The second kappa shape index (κ2) is 13.0. The van der Waals surface area contributed by atoms with Crippen LogP contribution in [0.15, 0.2) is 12.1 Å². The van der Waals surface area contributed by atoms with Gasteiger partial charge in [-0.2, -0.15) is 8.78 Å². The molecule has 40 heavy (non-hydrogen) atoms. The van der Waals surface area contributed by atoms with E-state index < -0.39 is 35.6 Å². The van der Waals surface area contributed by atoms with Gasteiger partial charge in [0.2, 0.25) is 0 Å². The predicted molar refractivity (Wildman–Crippen MR) is 131 cm³/mol. The number of hydrogen-bond acceptors (Lipinski definition) is 4. The first-order valence-corrected chi connectivity index (χ1v) is 14.3. The van der Waals surface area contributed by atoms with Crippen LogP contribution >= 0.6 is 0 Å². The molecule has 2 aliphatic carbocycles. The Bertz CT molecular complexity index is 968. The van der Waals surface area contributed by atoms with E-state index in [0.717, 1.165) is 38.7 Å². The summed E-state index contributed by atoms with van der Waals surface area (Å²) in [5.74, 6) is -3.31. The summed E-state index contributed by atoms with van der Waals surface area (Å²) < 4.78 is 108. The van der Waals surface area contributed by atoms with Crippen molar-refractivity contribution < 1.29 is 49.7 Å². The van der Waals surface area contributed by atoms with Crippen LogP contribution in [0.25, 0.3) is 0 Å². The maximum Gasteiger partial charge on any atom is 0.527 e. The Morgan fingerprint density at radius 3 is 2.05 bits per heavy atom. The summed E-state index contributed by atoms with van der Waals surface area (Å²) >= 11 is 0. The van der Waals surface area contributed by atoms with E-state index in [0.29, 0.717) is 49.7 Å². The molecule has 1 aromatic rings. The van der Waals surface area contributed by atoms with E-state index in [2.05, 4.69) is 11.7 Å². The smallest absolute Gasteiger partial charge is 0.462 e. The topological polar surface area (TPSA) is 44.8 Å². The van der Waals surface area contributed by atoms with Gasteiger partial charge >= 0.3 is 18.4 Å². The number of hydrogen-bond donors (Lipinski definition) is 0. The van der Waals surface area contributed by atoms with Crippen LogP contribution in [0.1, 0.15) is 101 Å². The van der Waals surface area contributed by atoms with Crippen LogP contribution in [0.5, 0.6) is 0 Å². The van der Waals surface area contributed by atoms with Gasteiger partial charge in [-0.3, -0.25) is 4.79 Å². The minimum atomic E-state index is -5.78. The van der Waals surface area contributed by atoms with Crippen LogP contribution in [0.3, 0.4) is 0 Å². The van der Waals surface area contributed by atoms with Crippen LogP contribution in [0, 0.1) is 29.4 Å². The van der Waals surface area contributed by atoms with Gasteiger partial charge in [0.1, 0.15) is 23.3 Å². The number of rotatable bonds is 8. The van der Waals surface area contributed by atoms with E-state index in [1.165, 1.54) is 19.3 Å². The molecular formula is C29H37F7O4. The van der Waals surface area contributed by atoms with E-state index in [-0.39, 0.29) is 29.7 Å². The summed E-state index contributed by atoms with van der Waals surface area (Å²) in [6.45, 7) is 3.01. The highest BCUT2D eigenvalue weighted by Gasteiger charge is 2.49. The largest absolute Gasteiger partial charge is 0.527 e. The minimum Gasteiger partial charge on any atom is -0.462 e. The Balaban J connectivity index is 1.23. The van der Waals surface area contributed by atoms with Gasteiger partial charge in [-0.15, -0.1) is 13.2 Å². The molecule has 4 rings (SSSR count). The lowest BCUT2D eigenvalue weighted by Crippen LogP contribution is -2.36. The molecule has 2 saturated carbocycles. The molecule has 11 heteroatoms. The van der Waals surface area contributed by atoms with Crippen molar-refractivity contribution in [1.82, 2.24) is 0 Å². The summed E-state index contributed by atoms with van der Waals surface area (Å²) in [7, 11) is 0. The Morgan fingerprint density at radius 1 is 0.900 bits per heavy atom. The van der Waals surface area contributed by atoms with Gasteiger partial charge in [0.15, 0.2) is 0 Å². The van der Waals surface area contributed by atoms with Gasteiger partial charge in [-0.25, -0.2) is 13.5 Å². The number of benzene rings is 1. The predicted octanol–water partition coefficient (Wildman–Crippen LogP) is 8.52. The lowest BCUT2D eigenvalue weighted by atomic mass is 9.77. The first-order chi connectivity index (χ1) is 18.9. The van der Waals surface area contributed by atoms with Gasteiger partial charge in [0.05, 0.1) is 12.0 Å². The second-order valence-electron chi connectivity index (χ2n) is 11.6. The third-order valence-corrected chi connectivity index (χ3v) is 8.76. The number of carbonyl (C=O) groups excluding carboxylic acids is 1. The van der Waals surface area contributed by atoms with Gasteiger partial charge in [0.25, 0.3) is 0 Å². The van der Waals surface area contributed by atoms with Crippen molar-refractivity contribution >= 4 is 5.97 Å². The molecule has 1 aromatic carbocycles. The highest BCUT2D eigenvalue weighted by atomic mass is 19.4. The fourth-order valence-corrected chi connectivity index (χ4v) is 6.64. The molecule has 0 amide bonds. The average Bonchev–Trinajstić information content (AvgIpc) is 2.88. The SMILES string of the molecule is CCCC1CCC(C2CCC(C(=O)OC3CCC(c4cc(F)c(C(F)(F)OC(F)(F)F)c(F)c4)CC3)CC2)OC1. The zero-order valence-corrected chi connectivity index (χ0v) is 22.6. The molecule has 0 radical (unpaired) electrons. The zero-order valence-electron chi connectivity index (χ0n) is 22.6. The molecule has 1 saturated heterocycles. The van der Waals surface area contributed by atoms with Crippen LogP contribution < -0.4 is 0 Å². The molecule has 2 atom stereocenters. The van der Waals surface area contributed by atoms with E-state index in [4.69, 9.17) is 9.47 Å². The van der Waals surface area contributed by atoms with Crippen LogP contribution in [-0.4, -0.2) is 31.1 Å². The molecule has 2 unspecified atom stereocenters. The number of carbonyl (C=O) groups is 1. The number of alkyl halides is 5. The van der Waals surface area contributed by atoms with Crippen LogP contribution in [0.4, 0.5) is 30.7 Å².